The molecule has 2 aromatic heterocycles. The summed E-state index contributed by atoms with van der Waals surface area (Å²) in [6.45, 7) is 4.00. The number of aliphatic hydroxyl groups excluding tert-OH is 2. The van der Waals surface area contributed by atoms with Gasteiger partial charge in [0.05, 0.1) is 30.0 Å². The second kappa shape index (κ2) is 9.82. The first-order valence-corrected chi connectivity index (χ1v) is 11.1. The number of hydrogen-bond acceptors (Lipinski definition) is 7. The second-order valence-corrected chi connectivity index (χ2v) is 8.75. The number of aryl methyl sites for hydroxylation is 1. The van der Waals surface area contributed by atoms with Gasteiger partial charge >= 0.3 is 5.97 Å². The van der Waals surface area contributed by atoms with Crippen LogP contribution in [0.15, 0.2) is 35.0 Å². The summed E-state index contributed by atoms with van der Waals surface area (Å²) >= 11 is 0. The zero-order valence-electron chi connectivity index (χ0n) is 18.9. The van der Waals surface area contributed by atoms with Gasteiger partial charge < -0.3 is 15.3 Å². The normalized spacial score (nSPS) is 14.8. The van der Waals surface area contributed by atoms with E-state index in [1.165, 1.54) is 18.2 Å². The predicted octanol–water partition coefficient (Wildman–Crippen LogP) is 3.76. The fraction of sp³-hybridized carbons (Fsp3) is 0.360. The molecule has 0 bridgehead atoms. The van der Waals surface area contributed by atoms with E-state index in [4.69, 9.17) is 14.7 Å². The fourth-order valence-corrected chi connectivity index (χ4v) is 4.29. The van der Waals surface area contributed by atoms with Crippen LogP contribution in [0.25, 0.3) is 28.6 Å². The Morgan fingerprint density at radius 3 is 2.56 bits per heavy atom. The number of aliphatic hydroxyl groups is 2. The largest absolute Gasteiger partial charge is 0.481 e. The molecule has 3 N–H and O–H groups in total. The van der Waals surface area contributed by atoms with Gasteiger partial charge in [-0.1, -0.05) is 43.3 Å². The van der Waals surface area contributed by atoms with Gasteiger partial charge in [-0.05, 0) is 52.7 Å². The molecule has 2 heterocycles. The minimum atomic E-state index is -1.17. The third kappa shape index (κ3) is 4.90. The Hall–Kier alpha value is -3.43. The zero-order valence-corrected chi connectivity index (χ0v) is 18.9. The Kier molecular flexibility index (Phi) is 6.85. The summed E-state index contributed by atoms with van der Waals surface area (Å²) in [5.74, 6) is -1.48. The van der Waals surface area contributed by atoms with Crippen LogP contribution in [0.1, 0.15) is 55.1 Å². The van der Waals surface area contributed by atoms with Crippen LogP contribution in [-0.4, -0.2) is 48.8 Å². The maximum Gasteiger partial charge on any atom is 0.305 e. The first-order chi connectivity index (χ1) is 16.2. The number of carbonyl (C=O) groups is 1. The van der Waals surface area contributed by atoms with Gasteiger partial charge in [-0.25, -0.2) is 14.0 Å². The van der Waals surface area contributed by atoms with Crippen LogP contribution >= 0.6 is 0 Å². The summed E-state index contributed by atoms with van der Waals surface area (Å²) in [6, 6.07) is 6.20. The maximum absolute atomic E-state index is 13.7. The van der Waals surface area contributed by atoms with Gasteiger partial charge in [0.25, 0.3) is 0 Å². The minimum Gasteiger partial charge on any atom is -0.481 e. The standard InChI is InChI=1S/C25H26FN3O5/c1-13(2)23-18(8-7-16(30)11-17(31)12-21(32)33)22(14-3-5-15(26)6-4-14)19-9-10-20-25(24(19)27-23)29-34-28-20/h3-8,13,16-17,30-31H,9-12H2,1-2H3,(H,32,33)/t16-,17-/m1/s1. The second-order valence-electron chi connectivity index (χ2n) is 8.75. The molecule has 178 valence electrons. The van der Waals surface area contributed by atoms with E-state index in [9.17, 15) is 19.4 Å². The number of benzene rings is 1. The fourth-order valence-electron chi connectivity index (χ4n) is 4.29. The van der Waals surface area contributed by atoms with E-state index < -0.39 is 24.6 Å². The van der Waals surface area contributed by atoms with E-state index in [0.29, 0.717) is 24.2 Å². The lowest BCUT2D eigenvalue weighted by atomic mass is 9.84. The molecule has 2 atom stereocenters. The lowest BCUT2D eigenvalue weighted by molar-refractivity contribution is -0.139. The van der Waals surface area contributed by atoms with Crippen LogP contribution in [0.4, 0.5) is 4.39 Å². The van der Waals surface area contributed by atoms with Crippen molar-refractivity contribution in [3.63, 3.8) is 0 Å². The SMILES string of the molecule is CC(C)c1nc2c(c(-c3ccc(F)cc3)c1C=C[C@@H](O)C[C@@H](O)CC(=O)O)CCc1nonc1-2. The monoisotopic (exact) mass is 467 g/mol. The number of rotatable bonds is 8. The number of halogens is 1. The third-order valence-corrected chi connectivity index (χ3v) is 5.85. The number of fused-ring (bicyclic) bond motifs is 3. The summed E-state index contributed by atoms with van der Waals surface area (Å²) in [7, 11) is 0. The first-order valence-electron chi connectivity index (χ1n) is 11.1. The van der Waals surface area contributed by atoms with Gasteiger partial charge in [-0.2, -0.15) is 0 Å². The van der Waals surface area contributed by atoms with Crippen molar-refractivity contribution in [3.8, 4) is 22.5 Å². The molecule has 0 spiro atoms. The van der Waals surface area contributed by atoms with Gasteiger partial charge in [-0.15, -0.1) is 0 Å². The van der Waals surface area contributed by atoms with Gasteiger partial charge in [0.2, 0.25) is 0 Å². The molecule has 1 aromatic carbocycles. The molecule has 0 aliphatic heterocycles. The zero-order chi connectivity index (χ0) is 24.4. The number of hydrogen-bond donors (Lipinski definition) is 3. The van der Waals surface area contributed by atoms with Crippen molar-refractivity contribution >= 4 is 12.0 Å². The molecule has 0 saturated carbocycles. The lowest BCUT2D eigenvalue weighted by Crippen LogP contribution is -2.19. The van der Waals surface area contributed by atoms with E-state index in [-0.39, 0.29) is 18.2 Å². The molecule has 4 rings (SSSR count). The molecule has 9 heteroatoms. The minimum absolute atomic E-state index is 0.00382. The third-order valence-electron chi connectivity index (χ3n) is 5.85. The van der Waals surface area contributed by atoms with Crippen molar-refractivity contribution in [2.24, 2.45) is 0 Å². The number of carboxylic acid groups (broad SMARTS) is 1. The molecule has 0 saturated heterocycles. The smallest absolute Gasteiger partial charge is 0.305 e. The highest BCUT2D eigenvalue weighted by atomic mass is 19.1. The average Bonchev–Trinajstić information content (AvgIpc) is 3.26. The van der Waals surface area contributed by atoms with Crippen LogP contribution in [0.2, 0.25) is 0 Å². The number of aromatic nitrogens is 3. The number of pyridine rings is 1. The summed E-state index contributed by atoms with van der Waals surface area (Å²) in [5.41, 5.74) is 6.12. The van der Waals surface area contributed by atoms with Gasteiger partial charge in [0, 0.05) is 12.0 Å². The van der Waals surface area contributed by atoms with Crippen molar-refractivity contribution in [1.82, 2.24) is 15.3 Å². The van der Waals surface area contributed by atoms with Crippen LogP contribution in [0, 0.1) is 5.82 Å². The quantitative estimate of drug-likeness (QED) is 0.457. The molecule has 0 unspecified atom stereocenters. The van der Waals surface area contributed by atoms with Crippen molar-refractivity contribution in [2.45, 2.75) is 57.7 Å². The summed E-state index contributed by atoms with van der Waals surface area (Å²) in [6.07, 6.45) is 1.74. The molecular weight excluding hydrogens is 441 g/mol. The summed E-state index contributed by atoms with van der Waals surface area (Å²) < 4.78 is 18.7. The van der Waals surface area contributed by atoms with E-state index in [1.54, 1.807) is 18.2 Å². The molecule has 1 aliphatic carbocycles. The molecular formula is C25H26FN3O5. The number of carboxylic acids is 1. The Morgan fingerprint density at radius 1 is 1.15 bits per heavy atom. The first kappa shape index (κ1) is 23.7. The van der Waals surface area contributed by atoms with Crippen molar-refractivity contribution < 1.29 is 29.1 Å². The van der Waals surface area contributed by atoms with Gasteiger partial charge in [0.1, 0.15) is 11.5 Å². The number of aliphatic carboxylic acids is 1. The Morgan fingerprint density at radius 2 is 1.88 bits per heavy atom. The molecule has 34 heavy (non-hydrogen) atoms. The average molecular weight is 467 g/mol. The Bertz CT molecular complexity index is 1220. The maximum atomic E-state index is 13.7. The highest BCUT2D eigenvalue weighted by molar-refractivity contribution is 5.85. The molecule has 0 radical (unpaired) electrons. The van der Waals surface area contributed by atoms with Crippen molar-refractivity contribution in [3.05, 3.63) is 58.7 Å². The predicted molar refractivity (Wildman–Crippen MR) is 122 cm³/mol. The van der Waals surface area contributed by atoms with Crippen LogP contribution in [-0.2, 0) is 17.6 Å². The van der Waals surface area contributed by atoms with Crippen LogP contribution in [0.3, 0.4) is 0 Å². The van der Waals surface area contributed by atoms with Gasteiger partial charge in [-0.3, -0.25) is 4.79 Å². The lowest BCUT2D eigenvalue weighted by Gasteiger charge is -2.23. The molecule has 8 nitrogen and oxygen atoms in total. The van der Waals surface area contributed by atoms with E-state index >= 15 is 0 Å². The molecule has 0 amide bonds. The topological polar surface area (TPSA) is 130 Å². The van der Waals surface area contributed by atoms with Crippen molar-refractivity contribution in [1.29, 1.82) is 0 Å². The van der Waals surface area contributed by atoms with E-state index in [2.05, 4.69) is 10.3 Å². The highest BCUT2D eigenvalue weighted by Crippen LogP contribution is 2.41. The Labute approximate surface area is 195 Å². The van der Waals surface area contributed by atoms with Crippen LogP contribution in [0.5, 0.6) is 0 Å². The van der Waals surface area contributed by atoms with E-state index in [1.807, 2.05) is 13.8 Å². The van der Waals surface area contributed by atoms with Crippen LogP contribution < -0.4 is 0 Å². The summed E-state index contributed by atoms with van der Waals surface area (Å²) in [4.78, 5) is 15.7. The molecule has 1 aliphatic rings. The summed E-state index contributed by atoms with van der Waals surface area (Å²) in [5, 5.41) is 37.2. The van der Waals surface area contributed by atoms with Crippen molar-refractivity contribution in [2.75, 3.05) is 0 Å². The Balaban J connectivity index is 1.85. The number of nitrogens with zero attached hydrogens (tertiary/aromatic N) is 3. The molecule has 0 fully saturated rings. The molecule has 3 aromatic rings. The van der Waals surface area contributed by atoms with E-state index in [0.717, 1.165) is 33.6 Å². The highest BCUT2D eigenvalue weighted by Gasteiger charge is 2.29. The van der Waals surface area contributed by atoms with Gasteiger partial charge in [0.15, 0.2) is 5.69 Å².